The maximum Gasteiger partial charge on any atom is 0.163 e. The largest absolute Gasteiger partial charge is 0.294 e. The Morgan fingerprint density at radius 2 is 1.61 bits per heavy atom. The lowest BCUT2D eigenvalue weighted by molar-refractivity contribution is 0.0979. The van der Waals surface area contributed by atoms with Crippen molar-refractivity contribution in [3.8, 4) is 0 Å². The molecule has 1 heterocycles. The van der Waals surface area contributed by atoms with Crippen molar-refractivity contribution in [2.75, 3.05) is 0 Å². The predicted molar refractivity (Wildman–Crippen MR) is 80.6 cm³/mol. The fourth-order valence-corrected chi connectivity index (χ4v) is 3.05. The van der Waals surface area contributed by atoms with Crippen LogP contribution in [0.4, 0.5) is 0 Å². The van der Waals surface area contributed by atoms with Gasteiger partial charge in [-0.25, -0.2) is 0 Å². The molecule has 0 saturated carbocycles. The van der Waals surface area contributed by atoms with E-state index in [4.69, 9.17) is 0 Å². The van der Waals surface area contributed by atoms with Crippen molar-refractivity contribution in [3.63, 3.8) is 0 Å². The van der Waals surface area contributed by atoms with Gasteiger partial charge >= 0.3 is 0 Å². The minimum absolute atomic E-state index is 0.333. The monoisotopic (exact) mass is 266 g/mol. The number of thiophene rings is 1. The minimum atomic E-state index is 0.333. The summed E-state index contributed by atoms with van der Waals surface area (Å²) in [5.41, 5.74) is 2.09. The van der Waals surface area contributed by atoms with E-state index in [1.165, 1.54) is 44.9 Å². The van der Waals surface area contributed by atoms with Gasteiger partial charge in [-0.15, -0.1) is 0 Å². The molecule has 1 aromatic heterocycles. The van der Waals surface area contributed by atoms with Gasteiger partial charge in [-0.3, -0.25) is 4.79 Å². The second kappa shape index (κ2) is 9.32. The third kappa shape index (κ3) is 5.81. The number of aryl methyl sites for hydroxylation is 1. The smallest absolute Gasteiger partial charge is 0.163 e. The van der Waals surface area contributed by atoms with E-state index in [1.54, 1.807) is 11.3 Å². The number of rotatable bonds is 10. The molecule has 0 aromatic carbocycles. The molecule has 0 radical (unpaired) electrons. The molecule has 0 unspecified atom stereocenters. The molecule has 0 aliphatic carbocycles. The minimum Gasteiger partial charge on any atom is -0.294 e. The van der Waals surface area contributed by atoms with Gasteiger partial charge in [0.05, 0.1) is 0 Å². The number of hydrogen-bond donors (Lipinski definition) is 0. The van der Waals surface area contributed by atoms with Gasteiger partial charge in [0.15, 0.2) is 5.78 Å². The normalized spacial score (nSPS) is 10.8. The first-order chi connectivity index (χ1) is 8.75. The van der Waals surface area contributed by atoms with E-state index in [-0.39, 0.29) is 0 Å². The summed E-state index contributed by atoms with van der Waals surface area (Å²) >= 11 is 1.63. The third-order valence-electron chi connectivity index (χ3n) is 3.41. The topological polar surface area (TPSA) is 17.1 Å². The van der Waals surface area contributed by atoms with Crippen LogP contribution in [0.2, 0.25) is 0 Å². The summed E-state index contributed by atoms with van der Waals surface area (Å²) in [5, 5.41) is 4.05. The zero-order valence-corrected chi connectivity index (χ0v) is 12.7. The van der Waals surface area contributed by atoms with Crippen LogP contribution < -0.4 is 0 Å². The summed E-state index contributed by atoms with van der Waals surface area (Å²) in [7, 11) is 0. The highest BCUT2D eigenvalue weighted by atomic mass is 32.1. The Morgan fingerprint density at radius 1 is 1.00 bits per heavy atom. The maximum absolute atomic E-state index is 11.9. The Labute approximate surface area is 116 Å². The van der Waals surface area contributed by atoms with E-state index in [0.717, 1.165) is 24.0 Å². The predicted octanol–water partition coefficient (Wildman–Crippen LogP) is 5.77. The third-order valence-corrected chi connectivity index (χ3v) is 4.27. The highest BCUT2D eigenvalue weighted by molar-refractivity contribution is 7.08. The molecular formula is C16H26OS. The number of unbranched alkanes of at least 4 members (excludes halogenated alkanes) is 7. The van der Waals surface area contributed by atoms with Crippen LogP contribution in [0.15, 0.2) is 10.8 Å². The van der Waals surface area contributed by atoms with Crippen LogP contribution >= 0.6 is 11.3 Å². The van der Waals surface area contributed by atoms with Crippen LogP contribution in [0.25, 0.3) is 0 Å². The highest BCUT2D eigenvalue weighted by Gasteiger charge is 2.08. The first-order valence-electron chi connectivity index (χ1n) is 7.31. The molecule has 0 aliphatic heterocycles. The fourth-order valence-electron chi connectivity index (χ4n) is 2.20. The Hall–Kier alpha value is -0.630. The van der Waals surface area contributed by atoms with Crippen molar-refractivity contribution in [1.82, 2.24) is 0 Å². The first-order valence-corrected chi connectivity index (χ1v) is 8.26. The molecular weight excluding hydrogens is 240 g/mol. The molecule has 0 saturated heterocycles. The molecule has 1 nitrogen and oxygen atoms in total. The van der Waals surface area contributed by atoms with Gasteiger partial charge in [0.1, 0.15) is 0 Å². The lowest BCUT2D eigenvalue weighted by Gasteiger charge is -2.02. The molecule has 0 spiro atoms. The van der Waals surface area contributed by atoms with Crippen LogP contribution in [0.5, 0.6) is 0 Å². The van der Waals surface area contributed by atoms with Crippen LogP contribution in [0, 0.1) is 6.92 Å². The molecule has 0 N–H and O–H groups in total. The van der Waals surface area contributed by atoms with Crippen molar-refractivity contribution >= 4 is 17.1 Å². The maximum atomic E-state index is 11.9. The van der Waals surface area contributed by atoms with E-state index in [1.807, 2.05) is 12.3 Å². The number of ketones is 1. The summed E-state index contributed by atoms with van der Waals surface area (Å²) in [4.78, 5) is 11.9. The van der Waals surface area contributed by atoms with Gasteiger partial charge in [-0.05, 0) is 24.3 Å². The molecule has 0 bridgehead atoms. The Balaban J connectivity index is 2.01. The van der Waals surface area contributed by atoms with Crippen LogP contribution in [-0.4, -0.2) is 5.78 Å². The van der Waals surface area contributed by atoms with Gasteiger partial charge in [-0.2, -0.15) is 11.3 Å². The molecule has 1 rings (SSSR count). The van der Waals surface area contributed by atoms with E-state index < -0.39 is 0 Å². The van der Waals surface area contributed by atoms with Crippen molar-refractivity contribution in [3.05, 3.63) is 21.9 Å². The van der Waals surface area contributed by atoms with E-state index in [2.05, 4.69) is 12.3 Å². The lowest BCUT2D eigenvalue weighted by Crippen LogP contribution is -1.98. The van der Waals surface area contributed by atoms with Gasteiger partial charge < -0.3 is 0 Å². The number of carbonyl (C=O) groups excluding carboxylic acids is 1. The summed E-state index contributed by atoms with van der Waals surface area (Å²) in [6.45, 7) is 4.27. The number of Topliss-reactive ketones (excluding diaryl/α,β-unsaturated/α-hetero) is 1. The molecule has 1 aromatic rings. The number of carbonyl (C=O) groups is 1. The standard InChI is InChI=1S/C16H26OS/c1-3-4-5-6-7-8-9-10-11-16(17)15-13-18-12-14(15)2/h12-13H,3-11H2,1-2H3. The second-order valence-electron chi connectivity index (χ2n) is 5.12. The molecule has 102 valence electrons. The zero-order chi connectivity index (χ0) is 13.2. The molecule has 2 heteroatoms. The molecule has 0 atom stereocenters. The molecule has 0 amide bonds. The van der Waals surface area contributed by atoms with Crippen molar-refractivity contribution < 1.29 is 4.79 Å². The summed E-state index contributed by atoms with van der Waals surface area (Å²) in [6, 6.07) is 0. The van der Waals surface area contributed by atoms with Crippen molar-refractivity contribution in [1.29, 1.82) is 0 Å². The second-order valence-corrected chi connectivity index (χ2v) is 5.86. The first kappa shape index (κ1) is 15.4. The Bertz CT molecular complexity index is 341. The van der Waals surface area contributed by atoms with Crippen molar-refractivity contribution in [2.24, 2.45) is 0 Å². The Kier molecular flexibility index (Phi) is 7.99. The lowest BCUT2D eigenvalue weighted by atomic mass is 10.0. The summed E-state index contributed by atoms with van der Waals surface area (Å²) in [6.07, 6.45) is 11.1. The quantitative estimate of drug-likeness (QED) is 0.388. The van der Waals surface area contributed by atoms with Gasteiger partial charge in [-0.1, -0.05) is 51.9 Å². The van der Waals surface area contributed by atoms with Gasteiger partial charge in [0, 0.05) is 17.4 Å². The van der Waals surface area contributed by atoms with E-state index >= 15 is 0 Å². The number of hydrogen-bond acceptors (Lipinski definition) is 2. The summed E-state index contributed by atoms with van der Waals surface area (Å²) < 4.78 is 0. The molecule has 0 aliphatic rings. The van der Waals surface area contributed by atoms with Crippen LogP contribution in [0.3, 0.4) is 0 Å². The van der Waals surface area contributed by atoms with E-state index in [0.29, 0.717) is 5.78 Å². The average Bonchev–Trinajstić information content (AvgIpc) is 2.79. The van der Waals surface area contributed by atoms with Gasteiger partial charge in [0.2, 0.25) is 0 Å². The molecule has 18 heavy (non-hydrogen) atoms. The molecule has 0 fully saturated rings. The highest BCUT2D eigenvalue weighted by Crippen LogP contribution is 2.17. The summed E-state index contributed by atoms with van der Waals surface area (Å²) in [5.74, 6) is 0.333. The van der Waals surface area contributed by atoms with Crippen LogP contribution in [0.1, 0.15) is 80.6 Å². The zero-order valence-electron chi connectivity index (χ0n) is 11.8. The SMILES string of the molecule is CCCCCCCCCCC(=O)c1cscc1C. The Morgan fingerprint density at radius 3 is 2.17 bits per heavy atom. The van der Waals surface area contributed by atoms with Crippen LogP contribution in [-0.2, 0) is 0 Å². The fraction of sp³-hybridized carbons (Fsp3) is 0.688. The average molecular weight is 266 g/mol. The van der Waals surface area contributed by atoms with Gasteiger partial charge in [0.25, 0.3) is 0 Å². The van der Waals surface area contributed by atoms with E-state index in [9.17, 15) is 4.79 Å². The van der Waals surface area contributed by atoms with Crippen molar-refractivity contribution in [2.45, 2.75) is 71.6 Å².